The Morgan fingerprint density at radius 3 is 2.55 bits per heavy atom. The van der Waals surface area contributed by atoms with E-state index < -0.39 is 47.3 Å². The third kappa shape index (κ3) is 2.47. The molecule has 1 aromatic carbocycles. The predicted octanol–water partition coefficient (Wildman–Crippen LogP) is 1.51. The van der Waals surface area contributed by atoms with E-state index in [1.54, 1.807) is 11.8 Å². The third-order valence-electron chi connectivity index (χ3n) is 6.66. The van der Waals surface area contributed by atoms with Gasteiger partial charge >= 0.3 is 5.69 Å². The summed E-state index contributed by atoms with van der Waals surface area (Å²) in [4.78, 5) is 28.6. The second kappa shape index (κ2) is 5.78. The van der Waals surface area contributed by atoms with Crippen molar-refractivity contribution in [1.82, 2.24) is 9.55 Å². The number of alkyl halides is 2. The maximum atomic E-state index is 15.3. The zero-order valence-corrected chi connectivity index (χ0v) is 15.7. The fourth-order valence-electron chi connectivity index (χ4n) is 5.17. The lowest BCUT2D eigenvalue weighted by molar-refractivity contribution is -0.0973. The SMILES string of the molecule is Cc1c(N2CC3CC(F)(F)C(O)C3C2)c(F)c(N)c2c(=O)[nH]c(=O)n(C3CC3)c12. The summed E-state index contributed by atoms with van der Waals surface area (Å²) in [6.07, 6.45) is -0.693. The Morgan fingerprint density at radius 1 is 1.24 bits per heavy atom. The number of halogens is 3. The fraction of sp³-hybridized carbons (Fsp3) is 0.579. The molecule has 1 saturated heterocycles. The highest BCUT2D eigenvalue weighted by Gasteiger charge is 2.58. The summed E-state index contributed by atoms with van der Waals surface area (Å²) in [5.41, 5.74) is 5.07. The van der Waals surface area contributed by atoms with Crippen molar-refractivity contribution in [3.63, 3.8) is 0 Å². The molecular formula is C19H21F3N4O3. The maximum Gasteiger partial charge on any atom is 0.329 e. The van der Waals surface area contributed by atoms with Gasteiger partial charge in [0.15, 0.2) is 5.82 Å². The molecule has 4 N–H and O–H groups in total. The molecule has 2 saturated carbocycles. The van der Waals surface area contributed by atoms with Crippen molar-refractivity contribution < 1.29 is 18.3 Å². The first-order chi connectivity index (χ1) is 13.6. The number of aromatic amines is 1. The van der Waals surface area contributed by atoms with E-state index in [0.717, 1.165) is 12.8 Å². The molecule has 10 heteroatoms. The standard InChI is InChI=1S/C19H21F3N4O3/c1-7-14-11(17(28)24-18(29)26(14)9-2-3-9)13(23)12(20)15(7)25-5-8-4-19(21,22)16(27)10(8)6-25/h8-10,16,27H,2-6,23H2,1H3,(H,24,28,29). The van der Waals surface area contributed by atoms with Gasteiger partial charge in [-0.3, -0.25) is 14.3 Å². The number of nitrogen functional groups attached to an aromatic ring is 1. The van der Waals surface area contributed by atoms with Gasteiger partial charge in [0.25, 0.3) is 11.5 Å². The van der Waals surface area contributed by atoms with Crippen molar-refractivity contribution in [2.75, 3.05) is 23.7 Å². The molecule has 156 valence electrons. The van der Waals surface area contributed by atoms with Gasteiger partial charge in [0.05, 0.1) is 22.3 Å². The first-order valence-corrected chi connectivity index (χ1v) is 9.68. The minimum absolute atomic E-state index is 0.0565. The summed E-state index contributed by atoms with van der Waals surface area (Å²) in [6.45, 7) is 1.81. The summed E-state index contributed by atoms with van der Waals surface area (Å²) < 4.78 is 44.4. The second-order valence-corrected chi connectivity index (χ2v) is 8.52. The summed E-state index contributed by atoms with van der Waals surface area (Å²) in [7, 11) is 0. The van der Waals surface area contributed by atoms with Gasteiger partial charge in [0, 0.05) is 37.0 Å². The summed E-state index contributed by atoms with van der Waals surface area (Å²) in [5, 5.41) is 9.90. The lowest BCUT2D eigenvalue weighted by Crippen LogP contribution is -2.36. The van der Waals surface area contributed by atoms with Crippen molar-refractivity contribution in [3.8, 4) is 0 Å². The smallest absolute Gasteiger partial charge is 0.329 e. The molecule has 2 aromatic rings. The summed E-state index contributed by atoms with van der Waals surface area (Å²) >= 11 is 0. The Kier molecular flexibility index (Phi) is 3.69. The minimum Gasteiger partial charge on any atom is -0.396 e. The normalized spacial score (nSPS) is 28.3. The number of aryl methyl sites for hydroxylation is 1. The number of hydrogen-bond donors (Lipinski definition) is 3. The van der Waals surface area contributed by atoms with Crippen molar-refractivity contribution in [1.29, 1.82) is 0 Å². The molecule has 7 nitrogen and oxygen atoms in total. The van der Waals surface area contributed by atoms with E-state index in [2.05, 4.69) is 4.98 Å². The molecule has 0 amide bonds. The first-order valence-electron chi connectivity index (χ1n) is 9.68. The van der Waals surface area contributed by atoms with E-state index in [1.165, 1.54) is 4.57 Å². The Morgan fingerprint density at radius 2 is 1.93 bits per heavy atom. The molecule has 1 aromatic heterocycles. The summed E-state index contributed by atoms with van der Waals surface area (Å²) in [5.74, 6) is -5.09. The predicted molar refractivity (Wildman–Crippen MR) is 101 cm³/mol. The molecule has 3 fully saturated rings. The van der Waals surface area contributed by atoms with E-state index in [9.17, 15) is 23.5 Å². The molecule has 3 aliphatic rings. The van der Waals surface area contributed by atoms with Crippen LogP contribution in [0.5, 0.6) is 0 Å². The van der Waals surface area contributed by atoms with E-state index in [1.807, 2.05) is 0 Å². The van der Waals surface area contributed by atoms with Crippen LogP contribution in [-0.4, -0.2) is 39.8 Å². The monoisotopic (exact) mass is 410 g/mol. The van der Waals surface area contributed by atoms with Crippen LogP contribution in [0.1, 0.15) is 30.9 Å². The minimum atomic E-state index is -3.14. The van der Waals surface area contributed by atoms with Gasteiger partial charge in [0.2, 0.25) is 0 Å². The van der Waals surface area contributed by atoms with Crippen LogP contribution in [0.2, 0.25) is 0 Å². The van der Waals surface area contributed by atoms with Crippen LogP contribution in [0.4, 0.5) is 24.5 Å². The number of H-pyrrole nitrogens is 1. The van der Waals surface area contributed by atoms with Gasteiger partial charge in [0.1, 0.15) is 6.10 Å². The molecule has 0 radical (unpaired) electrons. The molecule has 3 atom stereocenters. The molecule has 0 spiro atoms. The lowest BCUT2D eigenvalue weighted by Gasteiger charge is -2.27. The van der Waals surface area contributed by atoms with Gasteiger partial charge in [-0.05, 0) is 25.7 Å². The highest BCUT2D eigenvalue weighted by atomic mass is 19.3. The number of rotatable bonds is 2. The third-order valence-corrected chi connectivity index (χ3v) is 6.66. The Balaban J connectivity index is 1.70. The highest BCUT2D eigenvalue weighted by molar-refractivity contribution is 5.97. The van der Waals surface area contributed by atoms with Crippen molar-refractivity contribution in [2.45, 2.75) is 44.3 Å². The molecule has 2 heterocycles. The molecule has 3 unspecified atom stereocenters. The number of fused-ring (bicyclic) bond motifs is 2. The van der Waals surface area contributed by atoms with Crippen LogP contribution in [-0.2, 0) is 0 Å². The molecule has 5 rings (SSSR count). The van der Waals surface area contributed by atoms with E-state index in [4.69, 9.17) is 5.73 Å². The van der Waals surface area contributed by atoms with Crippen LogP contribution in [0.25, 0.3) is 10.9 Å². The van der Waals surface area contributed by atoms with Crippen molar-refractivity contribution >= 4 is 22.3 Å². The van der Waals surface area contributed by atoms with Gasteiger partial charge in [-0.1, -0.05) is 0 Å². The number of aromatic nitrogens is 2. The number of aliphatic hydroxyl groups excluding tert-OH is 1. The van der Waals surface area contributed by atoms with E-state index in [0.29, 0.717) is 5.56 Å². The van der Waals surface area contributed by atoms with E-state index >= 15 is 4.39 Å². The second-order valence-electron chi connectivity index (χ2n) is 8.52. The van der Waals surface area contributed by atoms with Crippen LogP contribution in [0, 0.1) is 24.6 Å². The van der Waals surface area contributed by atoms with Gasteiger partial charge in [-0.15, -0.1) is 0 Å². The molecule has 2 aliphatic carbocycles. The van der Waals surface area contributed by atoms with Crippen molar-refractivity contribution in [3.05, 3.63) is 32.2 Å². The number of benzene rings is 1. The number of hydrogen-bond acceptors (Lipinski definition) is 5. The van der Waals surface area contributed by atoms with Crippen LogP contribution >= 0.6 is 0 Å². The average molecular weight is 410 g/mol. The largest absolute Gasteiger partial charge is 0.396 e. The zero-order valence-electron chi connectivity index (χ0n) is 15.7. The van der Waals surface area contributed by atoms with Gasteiger partial charge in [-0.25, -0.2) is 18.0 Å². The topological polar surface area (TPSA) is 104 Å². The van der Waals surface area contributed by atoms with Crippen LogP contribution in [0.3, 0.4) is 0 Å². The number of anilines is 2. The quantitative estimate of drug-likeness (QED) is 0.651. The fourth-order valence-corrected chi connectivity index (χ4v) is 5.17. The first kappa shape index (κ1) is 18.5. The molecule has 0 bridgehead atoms. The lowest BCUT2D eigenvalue weighted by atomic mass is 9.99. The van der Waals surface area contributed by atoms with Crippen molar-refractivity contribution in [2.24, 2.45) is 11.8 Å². The highest BCUT2D eigenvalue weighted by Crippen LogP contribution is 2.49. The Hall–Kier alpha value is -2.49. The number of aliphatic hydroxyl groups is 1. The average Bonchev–Trinajstić information content (AvgIpc) is 3.35. The number of nitrogens with two attached hydrogens (primary N) is 1. The van der Waals surface area contributed by atoms with Gasteiger partial charge < -0.3 is 15.7 Å². The summed E-state index contributed by atoms with van der Waals surface area (Å²) in [6, 6.07) is -0.0864. The number of nitrogens with one attached hydrogen (secondary N) is 1. The van der Waals surface area contributed by atoms with Crippen LogP contribution in [0.15, 0.2) is 9.59 Å². The van der Waals surface area contributed by atoms with Gasteiger partial charge in [-0.2, -0.15) is 0 Å². The number of nitrogens with zero attached hydrogens (tertiary/aromatic N) is 2. The molecular weight excluding hydrogens is 389 g/mol. The Labute approximate surface area is 162 Å². The maximum absolute atomic E-state index is 15.3. The molecule has 29 heavy (non-hydrogen) atoms. The van der Waals surface area contributed by atoms with E-state index in [-0.39, 0.29) is 41.4 Å². The molecule has 1 aliphatic heterocycles. The Bertz CT molecular complexity index is 1150. The zero-order chi connectivity index (χ0) is 20.8. The van der Waals surface area contributed by atoms with Crippen LogP contribution < -0.4 is 21.9 Å².